The number of pyridine rings is 2. The van der Waals surface area contributed by atoms with Gasteiger partial charge in [0, 0.05) is 76.4 Å². The molecule has 0 unspecified atom stereocenters. The van der Waals surface area contributed by atoms with Crippen molar-refractivity contribution in [3.05, 3.63) is 140 Å². The van der Waals surface area contributed by atoms with Crippen LogP contribution in [0.4, 0.5) is 49.1 Å². The topological polar surface area (TPSA) is 130 Å². The number of amides is 2. The zero-order valence-electron chi connectivity index (χ0n) is 33.4. The summed E-state index contributed by atoms with van der Waals surface area (Å²) in [7, 11) is 0. The Balaban J connectivity index is 0.000000185. The van der Waals surface area contributed by atoms with Crippen molar-refractivity contribution in [3.8, 4) is 0 Å². The van der Waals surface area contributed by atoms with Crippen molar-refractivity contribution in [2.24, 2.45) is 0 Å². The van der Waals surface area contributed by atoms with E-state index in [4.69, 9.17) is 0 Å². The fourth-order valence-corrected chi connectivity index (χ4v) is 8.08. The average molecular weight is 845 g/mol. The number of fused-ring (bicyclic) bond motifs is 2. The van der Waals surface area contributed by atoms with Crippen LogP contribution in [0.25, 0.3) is 21.8 Å². The first-order valence-electron chi connectivity index (χ1n) is 19.7. The van der Waals surface area contributed by atoms with Crippen LogP contribution in [0.3, 0.4) is 0 Å². The highest BCUT2D eigenvalue weighted by Gasteiger charge is 2.37. The van der Waals surface area contributed by atoms with Crippen LogP contribution in [0.2, 0.25) is 0 Å². The van der Waals surface area contributed by atoms with Crippen molar-refractivity contribution in [2.75, 3.05) is 33.5 Å². The summed E-state index contributed by atoms with van der Waals surface area (Å²) in [5.74, 6) is -1.65. The first kappa shape index (κ1) is 42.5. The second-order valence-corrected chi connectivity index (χ2v) is 15.4. The zero-order chi connectivity index (χ0) is 43.8. The number of anilines is 4. The largest absolute Gasteiger partial charge is 0.418 e. The number of nitrogens with zero attached hydrogens (tertiary/aromatic N) is 2. The number of H-pyrrole nitrogens is 2. The maximum atomic E-state index is 13.9. The second-order valence-electron chi connectivity index (χ2n) is 15.4. The zero-order valence-corrected chi connectivity index (χ0v) is 33.4. The van der Waals surface area contributed by atoms with Gasteiger partial charge in [-0.25, -0.2) is 0 Å². The molecule has 8 rings (SSSR count). The third-order valence-corrected chi connectivity index (χ3v) is 11.2. The van der Waals surface area contributed by atoms with E-state index >= 15 is 0 Å². The van der Waals surface area contributed by atoms with E-state index in [1.54, 1.807) is 55.5 Å². The number of para-hydroxylation sites is 1. The number of carbonyl (C=O) groups excluding carboxylic acids is 2. The number of rotatable bonds is 6. The smallest absolute Gasteiger partial charge is 0.371 e. The molecule has 6 aromatic rings. The summed E-state index contributed by atoms with van der Waals surface area (Å²) in [4.78, 5) is 60.5. The Labute approximate surface area is 345 Å². The molecule has 0 bridgehead atoms. The lowest BCUT2D eigenvalue weighted by Crippen LogP contribution is -2.32. The van der Waals surface area contributed by atoms with Gasteiger partial charge in [0.1, 0.15) is 11.1 Å². The van der Waals surface area contributed by atoms with E-state index in [0.29, 0.717) is 51.8 Å². The molecule has 2 fully saturated rings. The number of nitrogens with one attached hydrogen (secondary N) is 4. The number of hydrogen-bond acceptors (Lipinski definition) is 6. The van der Waals surface area contributed by atoms with Gasteiger partial charge in [-0.1, -0.05) is 24.3 Å². The molecule has 0 radical (unpaired) electrons. The number of carbonyl (C=O) groups is 2. The van der Waals surface area contributed by atoms with E-state index in [0.717, 1.165) is 43.9 Å². The number of hydrogen-bond donors (Lipinski definition) is 4. The van der Waals surface area contributed by atoms with Gasteiger partial charge in [0.05, 0.1) is 16.8 Å². The number of aromatic amines is 2. The van der Waals surface area contributed by atoms with E-state index in [9.17, 15) is 45.5 Å². The van der Waals surface area contributed by atoms with Gasteiger partial charge in [-0.15, -0.1) is 0 Å². The van der Waals surface area contributed by atoms with E-state index in [-0.39, 0.29) is 34.6 Å². The summed E-state index contributed by atoms with van der Waals surface area (Å²) < 4.78 is 81.6. The molecule has 16 heteroatoms. The van der Waals surface area contributed by atoms with Crippen molar-refractivity contribution < 1.29 is 35.9 Å². The first-order valence-corrected chi connectivity index (χ1v) is 19.7. The van der Waals surface area contributed by atoms with Crippen LogP contribution in [0, 0.1) is 6.92 Å². The van der Waals surface area contributed by atoms with E-state index in [1.807, 2.05) is 23.6 Å². The molecule has 2 aromatic heterocycles. The normalized spacial score (nSPS) is 16.7. The molecule has 4 heterocycles. The molecule has 2 atom stereocenters. The third-order valence-electron chi connectivity index (χ3n) is 11.2. The Morgan fingerprint density at radius 3 is 1.98 bits per heavy atom. The van der Waals surface area contributed by atoms with Crippen molar-refractivity contribution >= 4 is 56.4 Å². The predicted octanol–water partition coefficient (Wildman–Crippen LogP) is 9.88. The molecule has 0 saturated carbocycles. The minimum atomic E-state index is -4.67. The Morgan fingerprint density at radius 1 is 0.689 bits per heavy atom. The van der Waals surface area contributed by atoms with Crippen LogP contribution < -0.4 is 31.3 Å². The summed E-state index contributed by atoms with van der Waals surface area (Å²) >= 11 is 0. The lowest BCUT2D eigenvalue weighted by molar-refractivity contribution is -0.138. The first-order chi connectivity index (χ1) is 28.9. The van der Waals surface area contributed by atoms with Gasteiger partial charge in [0.25, 0.3) is 11.8 Å². The number of aryl methyl sites for hydroxylation is 1. The Morgan fingerprint density at radius 2 is 1.31 bits per heavy atom. The quantitative estimate of drug-likeness (QED) is 0.124. The van der Waals surface area contributed by atoms with Gasteiger partial charge in [-0.3, -0.25) is 19.2 Å². The maximum Gasteiger partial charge on any atom is 0.418 e. The Bertz CT molecular complexity index is 2750. The van der Waals surface area contributed by atoms with Gasteiger partial charge >= 0.3 is 12.4 Å². The highest BCUT2D eigenvalue weighted by atomic mass is 19.4. The average Bonchev–Trinajstić information content (AvgIpc) is 3.87. The lowest BCUT2D eigenvalue weighted by atomic mass is 10.1. The van der Waals surface area contributed by atoms with Gasteiger partial charge < -0.3 is 30.4 Å². The molecule has 0 spiro atoms. The van der Waals surface area contributed by atoms with Gasteiger partial charge in [0.2, 0.25) is 10.9 Å². The summed E-state index contributed by atoms with van der Waals surface area (Å²) in [6.07, 6.45) is -3.08. The third kappa shape index (κ3) is 8.98. The maximum absolute atomic E-state index is 13.9. The van der Waals surface area contributed by atoms with E-state index in [2.05, 4.69) is 20.6 Å². The van der Waals surface area contributed by atoms with Crippen LogP contribution in [0.5, 0.6) is 0 Å². The highest BCUT2D eigenvalue weighted by molar-refractivity contribution is 6.07. The number of halogens is 6. The summed E-state index contributed by atoms with van der Waals surface area (Å²) in [6, 6.07) is 19.6. The van der Waals surface area contributed by atoms with E-state index in [1.165, 1.54) is 24.5 Å². The fourth-order valence-electron chi connectivity index (χ4n) is 8.08. The van der Waals surface area contributed by atoms with Crippen molar-refractivity contribution in [1.82, 2.24) is 9.97 Å². The molecule has 2 aliphatic rings. The van der Waals surface area contributed by atoms with Crippen LogP contribution in [-0.2, 0) is 12.4 Å². The minimum absolute atomic E-state index is 0.000663. The van der Waals surface area contributed by atoms with Gasteiger partial charge in [-0.2, -0.15) is 26.3 Å². The molecule has 2 aliphatic heterocycles. The molecule has 10 nitrogen and oxygen atoms in total. The molecule has 2 saturated heterocycles. The van der Waals surface area contributed by atoms with Crippen molar-refractivity contribution in [3.63, 3.8) is 0 Å². The second kappa shape index (κ2) is 16.8. The lowest BCUT2D eigenvalue weighted by Gasteiger charge is -2.30. The number of alkyl halides is 6. The standard InChI is InChI=1S/C24H24F3N3O2.C21H18F3N3O2/c1-13-5-4-6-20-21(13)22(31)17(12-28-20)23(32)29-19-10-9-16(11-18(19)24(25,26)27)30-14(2)7-8-15(30)3;22-21(23,24)13-9-14(11-15(10-13)27-7-3-4-8-27)26-20(29)17-12-25-18-6-2-1-5-16(18)19(17)28/h4-6,9-12,14-15H,7-8H2,1-3H3,(H,28,31)(H,29,32);1-2,5-6,9-12H,3-4,7-8H2,(H,25,28)(H,26,29)/t14-,15+;. The van der Waals surface area contributed by atoms with Gasteiger partial charge in [0.15, 0.2) is 0 Å². The molecule has 2 amide bonds. The molecule has 61 heavy (non-hydrogen) atoms. The highest BCUT2D eigenvalue weighted by Crippen LogP contribution is 2.40. The Kier molecular flexibility index (Phi) is 11.7. The molecular formula is C45H42F6N6O4. The van der Waals surface area contributed by atoms with E-state index < -0.39 is 46.2 Å². The molecule has 4 N–H and O–H groups in total. The number of aromatic nitrogens is 2. The molecule has 4 aromatic carbocycles. The molecular weight excluding hydrogens is 803 g/mol. The summed E-state index contributed by atoms with van der Waals surface area (Å²) in [6.45, 7) is 7.04. The van der Waals surface area contributed by atoms with Crippen LogP contribution in [0.15, 0.2) is 101 Å². The van der Waals surface area contributed by atoms with Crippen LogP contribution in [0.1, 0.15) is 76.9 Å². The fraction of sp³-hybridized carbons (Fsp3) is 0.289. The van der Waals surface area contributed by atoms with Crippen molar-refractivity contribution in [1.29, 1.82) is 0 Å². The van der Waals surface area contributed by atoms with Crippen molar-refractivity contribution in [2.45, 2.75) is 70.9 Å². The minimum Gasteiger partial charge on any atom is -0.371 e. The number of benzene rings is 4. The van der Waals surface area contributed by atoms with Crippen LogP contribution >= 0.6 is 0 Å². The Hall–Kier alpha value is -6.58. The van der Waals surface area contributed by atoms with Crippen LogP contribution in [-0.4, -0.2) is 47.0 Å². The molecule has 0 aliphatic carbocycles. The predicted molar refractivity (Wildman–Crippen MR) is 225 cm³/mol. The SMILES string of the molecule is Cc1cccc2[nH]cc(C(=O)Nc3ccc(N4[C@H](C)CC[C@@H]4C)cc3C(F)(F)F)c(=O)c12.O=C(Nc1cc(N2CCCC2)cc(C(F)(F)F)c1)c1c[nH]c2ccccc2c1=O. The van der Waals surface area contributed by atoms with Gasteiger partial charge in [-0.05, 0) is 107 Å². The molecule has 318 valence electrons. The summed E-state index contributed by atoms with van der Waals surface area (Å²) in [5.41, 5.74) is -0.913. The monoisotopic (exact) mass is 844 g/mol. The summed E-state index contributed by atoms with van der Waals surface area (Å²) in [5, 5.41) is 5.43.